The van der Waals surface area contributed by atoms with Crippen LogP contribution in [0.4, 0.5) is 0 Å². The van der Waals surface area contributed by atoms with Crippen LogP contribution in [0.1, 0.15) is 28.5 Å². The van der Waals surface area contributed by atoms with Gasteiger partial charge in [0.1, 0.15) is 11.5 Å². The summed E-state index contributed by atoms with van der Waals surface area (Å²) in [6.07, 6.45) is 0. The van der Waals surface area contributed by atoms with Crippen molar-refractivity contribution in [2.24, 2.45) is 0 Å². The zero-order valence-electron chi connectivity index (χ0n) is 15.7. The summed E-state index contributed by atoms with van der Waals surface area (Å²) in [5.74, 6) is 1.89. The Morgan fingerprint density at radius 3 is 2.18 bits per heavy atom. The second-order valence-electron chi connectivity index (χ2n) is 7.12. The molecule has 0 aliphatic carbocycles. The van der Waals surface area contributed by atoms with Crippen molar-refractivity contribution in [1.82, 2.24) is 4.98 Å². The number of aromatic amines is 1. The molecule has 2 heterocycles. The summed E-state index contributed by atoms with van der Waals surface area (Å²) in [4.78, 5) is 3.54. The van der Waals surface area contributed by atoms with Gasteiger partial charge in [-0.15, -0.1) is 0 Å². The van der Waals surface area contributed by atoms with Gasteiger partial charge < -0.3 is 9.40 Å². The third-order valence-electron chi connectivity index (χ3n) is 5.33. The fourth-order valence-corrected chi connectivity index (χ4v) is 4.05. The fourth-order valence-electron chi connectivity index (χ4n) is 4.05. The highest BCUT2D eigenvalue weighted by atomic mass is 16.3. The van der Waals surface area contributed by atoms with E-state index in [1.165, 1.54) is 22.2 Å². The third-order valence-corrected chi connectivity index (χ3v) is 5.33. The van der Waals surface area contributed by atoms with Crippen molar-refractivity contribution >= 4 is 10.9 Å². The SMILES string of the molecule is Cc1[nH]c2ccccc2c1C(c1ccccc1)c1ccc(-c2ccccc2)o1. The van der Waals surface area contributed by atoms with E-state index in [0.29, 0.717) is 0 Å². The van der Waals surface area contributed by atoms with Crippen LogP contribution in [0.15, 0.2) is 101 Å². The molecule has 2 nitrogen and oxygen atoms in total. The molecule has 28 heavy (non-hydrogen) atoms. The first-order chi connectivity index (χ1) is 13.8. The van der Waals surface area contributed by atoms with Crippen LogP contribution in [-0.2, 0) is 0 Å². The Kier molecular flexibility index (Phi) is 4.10. The zero-order valence-corrected chi connectivity index (χ0v) is 15.7. The highest BCUT2D eigenvalue weighted by molar-refractivity contribution is 5.86. The smallest absolute Gasteiger partial charge is 0.134 e. The monoisotopic (exact) mass is 363 g/mol. The van der Waals surface area contributed by atoms with Gasteiger partial charge in [0, 0.05) is 22.2 Å². The number of aryl methyl sites for hydroxylation is 1. The molecule has 0 amide bonds. The first-order valence-electron chi connectivity index (χ1n) is 9.58. The Balaban J connectivity index is 1.70. The minimum atomic E-state index is 0.0369. The minimum Gasteiger partial charge on any atom is -0.460 e. The van der Waals surface area contributed by atoms with Crippen molar-refractivity contribution in [1.29, 1.82) is 0 Å². The van der Waals surface area contributed by atoms with E-state index < -0.39 is 0 Å². The van der Waals surface area contributed by atoms with E-state index in [4.69, 9.17) is 4.42 Å². The molecule has 0 aliphatic heterocycles. The van der Waals surface area contributed by atoms with Crippen LogP contribution in [0, 0.1) is 6.92 Å². The lowest BCUT2D eigenvalue weighted by Crippen LogP contribution is -2.03. The lowest BCUT2D eigenvalue weighted by atomic mass is 9.87. The van der Waals surface area contributed by atoms with E-state index in [-0.39, 0.29) is 5.92 Å². The molecule has 5 rings (SSSR count). The van der Waals surface area contributed by atoms with Crippen LogP contribution < -0.4 is 0 Å². The molecule has 0 fully saturated rings. The van der Waals surface area contributed by atoms with Gasteiger partial charge in [0.15, 0.2) is 0 Å². The Morgan fingerprint density at radius 1 is 0.714 bits per heavy atom. The Hall–Kier alpha value is -3.52. The van der Waals surface area contributed by atoms with Gasteiger partial charge in [-0.25, -0.2) is 0 Å². The number of benzene rings is 3. The molecule has 136 valence electrons. The number of aromatic nitrogens is 1. The molecule has 1 N–H and O–H groups in total. The third kappa shape index (κ3) is 2.84. The molecule has 0 aliphatic rings. The fraction of sp³-hybridized carbons (Fsp3) is 0.0769. The summed E-state index contributed by atoms with van der Waals surface area (Å²) in [7, 11) is 0. The largest absolute Gasteiger partial charge is 0.460 e. The lowest BCUT2D eigenvalue weighted by Gasteiger charge is -2.16. The molecule has 0 spiro atoms. The Labute approximate surface area is 164 Å². The molecular weight excluding hydrogens is 342 g/mol. The average Bonchev–Trinajstić information content (AvgIpc) is 3.35. The molecular formula is C26H21NO. The van der Waals surface area contributed by atoms with E-state index in [0.717, 1.165) is 22.6 Å². The number of hydrogen-bond donors (Lipinski definition) is 1. The van der Waals surface area contributed by atoms with Crippen molar-refractivity contribution in [3.8, 4) is 11.3 Å². The summed E-state index contributed by atoms with van der Waals surface area (Å²) in [6.45, 7) is 2.15. The van der Waals surface area contributed by atoms with Crippen LogP contribution in [0.5, 0.6) is 0 Å². The van der Waals surface area contributed by atoms with Crippen molar-refractivity contribution in [3.63, 3.8) is 0 Å². The van der Waals surface area contributed by atoms with Gasteiger partial charge in [0.25, 0.3) is 0 Å². The van der Waals surface area contributed by atoms with Crippen LogP contribution in [0.2, 0.25) is 0 Å². The lowest BCUT2D eigenvalue weighted by molar-refractivity contribution is 0.516. The van der Waals surface area contributed by atoms with Crippen LogP contribution in [-0.4, -0.2) is 4.98 Å². The van der Waals surface area contributed by atoms with Crippen LogP contribution >= 0.6 is 0 Å². The van der Waals surface area contributed by atoms with E-state index in [2.05, 4.69) is 90.8 Å². The number of H-pyrrole nitrogens is 1. The van der Waals surface area contributed by atoms with E-state index in [1.807, 2.05) is 18.2 Å². The highest BCUT2D eigenvalue weighted by Crippen LogP contribution is 2.40. The normalized spacial score (nSPS) is 12.3. The summed E-state index contributed by atoms with van der Waals surface area (Å²) < 4.78 is 6.40. The number of para-hydroxylation sites is 1. The molecule has 0 radical (unpaired) electrons. The molecule has 2 aromatic heterocycles. The molecule has 1 unspecified atom stereocenters. The van der Waals surface area contributed by atoms with Gasteiger partial charge in [0.2, 0.25) is 0 Å². The molecule has 3 aromatic carbocycles. The number of fused-ring (bicyclic) bond motifs is 1. The zero-order chi connectivity index (χ0) is 18.9. The quantitative estimate of drug-likeness (QED) is 0.369. The maximum absolute atomic E-state index is 6.40. The first-order valence-corrected chi connectivity index (χ1v) is 9.58. The van der Waals surface area contributed by atoms with Gasteiger partial charge in [-0.2, -0.15) is 0 Å². The second kappa shape index (κ2) is 6.90. The standard InChI is InChI=1S/C26H21NO/c1-18-25(21-14-8-9-15-22(21)27-18)26(20-12-6-3-7-13-20)24-17-16-23(28-24)19-10-4-2-5-11-19/h2-17,26-27H,1H3. The average molecular weight is 363 g/mol. The Morgan fingerprint density at radius 2 is 1.39 bits per heavy atom. The summed E-state index contributed by atoms with van der Waals surface area (Å²) in [5, 5.41) is 1.24. The van der Waals surface area contributed by atoms with Gasteiger partial charge in [0.05, 0.1) is 5.92 Å². The van der Waals surface area contributed by atoms with Gasteiger partial charge >= 0.3 is 0 Å². The maximum Gasteiger partial charge on any atom is 0.134 e. The predicted molar refractivity (Wildman–Crippen MR) is 115 cm³/mol. The van der Waals surface area contributed by atoms with Crippen LogP contribution in [0.3, 0.4) is 0 Å². The topological polar surface area (TPSA) is 28.9 Å². The van der Waals surface area contributed by atoms with Crippen LogP contribution in [0.25, 0.3) is 22.2 Å². The van der Waals surface area contributed by atoms with Crippen molar-refractivity contribution in [3.05, 3.63) is 120 Å². The van der Waals surface area contributed by atoms with Gasteiger partial charge in [-0.1, -0.05) is 78.9 Å². The Bertz CT molecular complexity index is 1220. The first kappa shape index (κ1) is 16.6. The predicted octanol–water partition coefficient (Wildman–Crippen LogP) is 6.92. The van der Waals surface area contributed by atoms with E-state index in [9.17, 15) is 0 Å². The number of rotatable bonds is 4. The minimum absolute atomic E-state index is 0.0369. The highest BCUT2D eigenvalue weighted by Gasteiger charge is 2.25. The molecule has 5 aromatic rings. The second-order valence-corrected chi connectivity index (χ2v) is 7.12. The summed E-state index contributed by atoms with van der Waals surface area (Å²) in [6, 6.07) is 33.5. The number of hydrogen-bond acceptors (Lipinski definition) is 1. The van der Waals surface area contributed by atoms with Gasteiger partial charge in [-0.3, -0.25) is 0 Å². The van der Waals surface area contributed by atoms with Gasteiger partial charge in [-0.05, 0) is 36.2 Å². The maximum atomic E-state index is 6.40. The number of furan rings is 1. The summed E-state index contributed by atoms with van der Waals surface area (Å²) >= 11 is 0. The number of nitrogens with one attached hydrogen (secondary N) is 1. The van der Waals surface area contributed by atoms with E-state index in [1.54, 1.807) is 0 Å². The van der Waals surface area contributed by atoms with Crippen molar-refractivity contribution in [2.45, 2.75) is 12.8 Å². The van der Waals surface area contributed by atoms with E-state index >= 15 is 0 Å². The van der Waals surface area contributed by atoms with Crippen molar-refractivity contribution in [2.75, 3.05) is 0 Å². The summed E-state index contributed by atoms with van der Waals surface area (Å²) in [5.41, 5.74) is 5.93. The molecule has 1 atom stereocenters. The molecule has 0 bridgehead atoms. The molecule has 2 heteroatoms. The van der Waals surface area contributed by atoms with Crippen molar-refractivity contribution < 1.29 is 4.42 Å². The molecule has 0 saturated carbocycles. The molecule has 0 saturated heterocycles.